The van der Waals surface area contributed by atoms with Gasteiger partial charge in [0, 0.05) is 10.7 Å². The Morgan fingerprint density at radius 1 is 1.27 bits per heavy atom. The number of ether oxygens (including phenoxy) is 1. The van der Waals surface area contributed by atoms with Crippen LogP contribution in [0.25, 0.3) is 0 Å². The van der Waals surface area contributed by atoms with Gasteiger partial charge in [0.15, 0.2) is 0 Å². The van der Waals surface area contributed by atoms with E-state index in [1.807, 2.05) is 31.2 Å². The maximum atomic E-state index is 13.2. The van der Waals surface area contributed by atoms with Crippen molar-refractivity contribution in [1.29, 1.82) is 5.26 Å². The van der Waals surface area contributed by atoms with Crippen LogP contribution in [-0.2, 0) is 10.2 Å². The topological polar surface area (TPSA) is 62.1 Å². The Bertz CT molecular complexity index is 851. The summed E-state index contributed by atoms with van der Waals surface area (Å²) in [6.45, 7) is 2.35. The van der Waals surface area contributed by atoms with Crippen LogP contribution in [0.15, 0.2) is 42.5 Å². The van der Waals surface area contributed by atoms with Gasteiger partial charge in [-0.3, -0.25) is 4.79 Å². The first-order valence-corrected chi connectivity index (χ1v) is 9.22. The maximum absolute atomic E-state index is 13.2. The number of nitrogens with one attached hydrogen (secondary N) is 1. The van der Waals surface area contributed by atoms with Crippen molar-refractivity contribution in [3.05, 3.63) is 58.6 Å². The Balaban J connectivity index is 1.91. The number of carbonyl (C=O) groups is 1. The third-order valence-electron chi connectivity index (χ3n) is 4.94. The smallest absolute Gasteiger partial charge is 0.235 e. The number of carbonyl (C=O) groups excluding carboxylic acids is 1. The van der Waals surface area contributed by atoms with Gasteiger partial charge in [-0.2, -0.15) is 5.26 Å². The molecule has 2 aromatic carbocycles. The van der Waals surface area contributed by atoms with Crippen LogP contribution in [0.2, 0.25) is 5.02 Å². The average Bonchev–Trinajstić information content (AvgIpc) is 3.14. The van der Waals surface area contributed by atoms with E-state index in [2.05, 4.69) is 11.4 Å². The summed E-state index contributed by atoms with van der Waals surface area (Å²) in [5.74, 6) is 0.450. The van der Waals surface area contributed by atoms with Crippen molar-refractivity contribution in [2.75, 3.05) is 11.9 Å². The number of anilines is 1. The average molecular weight is 369 g/mol. The van der Waals surface area contributed by atoms with Crippen molar-refractivity contribution < 1.29 is 9.53 Å². The molecule has 1 fully saturated rings. The maximum Gasteiger partial charge on any atom is 0.235 e. The minimum atomic E-state index is -0.621. The highest BCUT2D eigenvalue weighted by Crippen LogP contribution is 2.44. The van der Waals surface area contributed by atoms with E-state index in [9.17, 15) is 10.1 Å². The largest absolute Gasteiger partial charge is 0.492 e. The molecule has 0 radical (unpaired) electrons. The number of rotatable bonds is 5. The summed E-state index contributed by atoms with van der Waals surface area (Å²) in [5, 5.41) is 12.9. The summed E-state index contributed by atoms with van der Waals surface area (Å²) in [6, 6.07) is 14.8. The number of benzene rings is 2. The van der Waals surface area contributed by atoms with E-state index in [4.69, 9.17) is 16.3 Å². The highest BCUT2D eigenvalue weighted by Gasteiger charge is 2.43. The van der Waals surface area contributed by atoms with E-state index < -0.39 is 5.41 Å². The highest BCUT2D eigenvalue weighted by atomic mass is 35.5. The molecule has 3 rings (SSSR count). The van der Waals surface area contributed by atoms with Gasteiger partial charge in [0.25, 0.3) is 0 Å². The van der Waals surface area contributed by atoms with Gasteiger partial charge in [-0.1, -0.05) is 42.6 Å². The predicted molar refractivity (Wildman–Crippen MR) is 103 cm³/mol. The molecule has 1 aliphatic rings. The third-order valence-corrected chi connectivity index (χ3v) is 5.27. The minimum Gasteiger partial charge on any atom is -0.492 e. The van der Waals surface area contributed by atoms with Gasteiger partial charge in [-0.15, -0.1) is 0 Å². The second-order valence-electron chi connectivity index (χ2n) is 6.48. The number of hydrogen-bond acceptors (Lipinski definition) is 3. The van der Waals surface area contributed by atoms with Crippen LogP contribution in [0.1, 0.15) is 43.7 Å². The second kappa shape index (κ2) is 7.80. The Morgan fingerprint density at radius 2 is 2.00 bits per heavy atom. The number of amides is 1. The Morgan fingerprint density at radius 3 is 2.65 bits per heavy atom. The molecule has 4 nitrogen and oxygen atoms in total. The summed E-state index contributed by atoms with van der Waals surface area (Å²) in [4.78, 5) is 13.2. The first kappa shape index (κ1) is 18.3. The lowest BCUT2D eigenvalue weighted by Crippen LogP contribution is -2.38. The molecule has 0 atom stereocenters. The quantitative estimate of drug-likeness (QED) is 0.802. The number of nitriles is 1. The number of nitrogens with zero attached hydrogens (tertiary/aromatic N) is 1. The Kier molecular flexibility index (Phi) is 5.49. The lowest BCUT2D eigenvalue weighted by Gasteiger charge is -2.29. The normalized spacial score (nSPS) is 15.3. The van der Waals surface area contributed by atoms with Gasteiger partial charge in [-0.05, 0) is 49.6 Å². The monoisotopic (exact) mass is 368 g/mol. The van der Waals surface area contributed by atoms with Crippen LogP contribution in [0.3, 0.4) is 0 Å². The number of halogens is 1. The van der Waals surface area contributed by atoms with Crippen LogP contribution >= 0.6 is 11.6 Å². The zero-order valence-corrected chi connectivity index (χ0v) is 15.5. The van der Waals surface area contributed by atoms with Crippen LogP contribution in [-0.4, -0.2) is 12.5 Å². The molecule has 1 saturated carbocycles. The fourth-order valence-corrected chi connectivity index (χ4v) is 3.99. The summed E-state index contributed by atoms with van der Waals surface area (Å²) in [5.41, 5.74) is 1.25. The van der Waals surface area contributed by atoms with Crippen molar-refractivity contribution in [2.45, 2.75) is 38.0 Å². The molecule has 0 saturated heterocycles. The predicted octanol–water partition coefficient (Wildman–Crippen LogP) is 5.06. The number of hydrogen-bond donors (Lipinski definition) is 1. The molecule has 0 bridgehead atoms. The van der Waals surface area contributed by atoms with Crippen LogP contribution < -0.4 is 10.1 Å². The van der Waals surface area contributed by atoms with Crippen molar-refractivity contribution in [3.63, 3.8) is 0 Å². The van der Waals surface area contributed by atoms with E-state index in [0.717, 1.165) is 31.2 Å². The molecule has 0 unspecified atom stereocenters. The summed E-state index contributed by atoms with van der Waals surface area (Å²) < 4.78 is 5.44. The molecule has 0 heterocycles. The van der Waals surface area contributed by atoms with Gasteiger partial charge in [0.2, 0.25) is 5.91 Å². The molecule has 0 aliphatic heterocycles. The first-order chi connectivity index (χ1) is 12.6. The summed E-state index contributed by atoms with van der Waals surface area (Å²) in [6.07, 6.45) is 3.52. The standard InChI is InChI=1S/C21H21ClN2O2/c1-2-26-19-10-9-16(13-15(19)14-23)24-20(25)21(11-5-6-12-21)17-7-3-4-8-18(17)22/h3-4,7-10,13H,2,5-6,11-12H2,1H3,(H,24,25). The molecular weight excluding hydrogens is 348 g/mol. The zero-order valence-electron chi connectivity index (χ0n) is 14.7. The van der Waals surface area contributed by atoms with Gasteiger partial charge in [0.1, 0.15) is 11.8 Å². The van der Waals surface area contributed by atoms with E-state index in [1.54, 1.807) is 18.2 Å². The molecule has 5 heteroatoms. The molecular formula is C21H21ClN2O2. The molecule has 0 aromatic heterocycles. The third kappa shape index (κ3) is 3.40. The van der Waals surface area contributed by atoms with Crippen molar-refractivity contribution in [1.82, 2.24) is 0 Å². The van der Waals surface area contributed by atoms with Gasteiger partial charge in [-0.25, -0.2) is 0 Å². The molecule has 1 amide bonds. The summed E-state index contributed by atoms with van der Waals surface area (Å²) >= 11 is 6.40. The molecule has 26 heavy (non-hydrogen) atoms. The Hall–Kier alpha value is -2.51. The van der Waals surface area contributed by atoms with Crippen LogP contribution in [0.5, 0.6) is 5.75 Å². The lowest BCUT2D eigenvalue weighted by molar-refractivity contribution is -0.121. The molecule has 2 aromatic rings. The molecule has 1 N–H and O–H groups in total. The van der Waals surface area contributed by atoms with E-state index in [-0.39, 0.29) is 5.91 Å². The van der Waals surface area contributed by atoms with Crippen LogP contribution in [0, 0.1) is 11.3 Å². The second-order valence-corrected chi connectivity index (χ2v) is 6.89. The van der Waals surface area contributed by atoms with Crippen molar-refractivity contribution in [2.24, 2.45) is 0 Å². The first-order valence-electron chi connectivity index (χ1n) is 8.84. The summed E-state index contributed by atoms with van der Waals surface area (Å²) in [7, 11) is 0. The van der Waals surface area contributed by atoms with Gasteiger partial charge in [0.05, 0.1) is 17.6 Å². The van der Waals surface area contributed by atoms with Crippen LogP contribution in [0.4, 0.5) is 5.69 Å². The minimum absolute atomic E-state index is 0.0730. The van der Waals surface area contributed by atoms with E-state index in [1.165, 1.54) is 0 Å². The Labute approximate surface area is 158 Å². The van der Waals surface area contributed by atoms with Crippen molar-refractivity contribution in [3.8, 4) is 11.8 Å². The zero-order chi connectivity index (χ0) is 18.6. The molecule has 0 spiro atoms. The van der Waals surface area contributed by atoms with Gasteiger partial charge < -0.3 is 10.1 Å². The van der Waals surface area contributed by atoms with Crippen molar-refractivity contribution >= 4 is 23.2 Å². The molecule has 1 aliphatic carbocycles. The highest BCUT2D eigenvalue weighted by molar-refractivity contribution is 6.31. The fourth-order valence-electron chi connectivity index (χ4n) is 3.67. The van der Waals surface area contributed by atoms with E-state index in [0.29, 0.717) is 28.6 Å². The fraction of sp³-hybridized carbons (Fsp3) is 0.333. The lowest BCUT2D eigenvalue weighted by atomic mass is 9.78. The van der Waals surface area contributed by atoms with Gasteiger partial charge >= 0.3 is 0 Å². The van der Waals surface area contributed by atoms with E-state index >= 15 is 0 Å². The molecule has 134 valence electrons. The SMILES string of the molecule is CCOc1ccc(NC(=O)C2(c3ccccc3Cl)CCCC2)cc1C#N.